The van der Waals surface area contributed by atoms with Crippen molar-refractivity contribution in [3.05, 3.63) is 54.6 Å². The number of nitrogens with one attached hydrogen (secondary N) is 1. The van der Waals surface area contributed by atoms with Crippen LogP contribution < -0.4 is 15.0 Å². The summed E-state index contributed by atoms with van der Waals surface area (Å²) in [6.45, 7) is -2.14. The van der Waals surface area contributed by atoms with Crippen LogP contribution in [0.1, 0.15) is 0 Å². The number of hydrogen-bond acceptors (Lipinski definition) is 3. The maximum Gasteiger partial charge on any atom is 0.387 e. The molecule has 1 fully saturated rings. The van der Waals surface area contributed by atoms with E-state index in [0.717, 1.165) is 5.69 Å². The lowest BCUT2D eigenvalue weighted by Gasteiger charge is -2.18. The first-order chi connectivity index (χ1) is 12.5. The third-order valence-electron chi connectivity index (χ3n) is 3.84. The molecule has 0 unspecified atom stereocenters. The lowest BCUT2D eigenvalue weighted by atomic mass is 10.3. The van der Waals surface area contributed by atoms with E-state index in [1.54, 1.807) is 11.0 Å². The first kappa shape index (κ1) is 17.7. The minimum Gasteiger partial charge on any atom is -0.435 e. The predicted octanol–water partition coefficient (Wildman–Crippen LogP) is 3.17. The van der Waals surface area contributed by atoms with Gasteiger partial charge in [-0.25, -0.2) is 4.79 Å². The van der Waals surface area contributed by atoms with Crippen LogP contribution in [0.3, 0.4) is 0 Å². The van der Waals surface area contributed by atoms with Crippen molar-refractivity contribution < 1.29 is 23.1 Å². The van der Waals surface area contributed by atoms with Crippen LogP contribution in [0.15, 0.2) is 54.6 Å². The van der Waals surface area contributed by atoms with Gasteiger partial charge in [-0.15, -0.1) is 0 Å². The molecule has 26 heavy (non-hydrogen) atoms. The Kier molecular flexibility index (Phi) is 5.31. The summed E-state index contributed by atoms with van der Waals surface area (Å²) in [4.78, 5) is 27.6. The molecule has 136 valence electrons. The molecule has 6 nitrogen and oxygen atoms in total. The Morgan fingerprint density at radius 3 is 2.62 bits per heavy atom. The number of amides is 3. The molecule has 3 rings (SSSR count). The van der Waals surface area contributed by atoms with Crippen LogP contribution in [0.4, 0.5) is 25.0 Å². The van der Waals surface area contributed by atoms with E-state index in [-0.39, 0.29) is 18.3 Å². The summed E-state index contributed by atoms with van der Waals surface area (Å²) in [5.41, 5.74) is 1.09. The molecular formula is C18H17F2N3O3. The van der Waals surface area contributed by atoms with Crippen molar-refractivity contribution in [3.8, 4) is 5.75 Å². The highest BCUT2D eigenvalue weighted by atomic mass is 19.3. The van der Waals surface area contributed by atoms with E-state index in [0.29, 0.717) is 18.8 Å². The Labute approximate surface area is 149 Å². The van der Waals surface area contributed by atoms with Crippen molar-refractivity contribution in [1.29, 1.82) is 0 Å². The van der Waals surface area contributed by atoms with Crippen LogP contribution in [-0.4, -0.2) is 43.1 Å². The van der Waals surface area contributed by atoms with Gasteiger partial charge in [-0.05, 0) is 24.3 Å². The normalized spacial score (nSPS) is 14.0. The van der Waals surface area contributed by atoms with Crippen molar-refractivity contribution in [2.45, 2.75) is 6.61 Å². The van der Waals surface area contributed by atoms with Gasteiger partial charge in [0.1, 0.15) is 12.3 Å². The Morgan fingerprint density at radius 2 is 1.88 bits per heavy atom. The molecule has 0 atom stereocenters. The Hall–Kier alpha value is -3.16. The first-order valence-electron chi connectivity index (χ1n) is 7.99. The highest BCUT2D eigenvalue weighted by Gasteiger charge is 2.30. The minimum atomic E-state index is -2.94. The maximum atomic E-state index is 12.4. The smallest absolute Gasteiger partial charge is 0.387 e. The highest BCUT2D eigenvalue weighted by Crippen LogP contribution is 2.21. The molecule has 1 aliphatic heterocycles. The lowest BCUT2D eigenvalue weighted by Crippen LogP contribution is -2.37. The fourth-order valence-electron chi connectivity index (χ4n) is 2.70. The molecule has 8 heteroatoms. The van der Waals surface area contributed by atoms with E-state index in [9.17, 15) is 18.4 Å². The Bertz CT molecular complexity index is 786. The van der Waals surface area contributed by atoms with Gasteiger partial charge in [0.25, 0.3) is 0 Å². The number of rotatable bonds is 6. The third kappa shape index (κ3) is 4.27. The monoisotopic (exact) mass is 361 g/mol. The van der Waals surface area contributed by atoms with Gasteiger partial charge in [-0.3, -0.25) is 9.69 Å². The van der Waals surface area contributed by atoms with Gasteiger partial charge in [0.05, 0.1) is 0 Å². The number of urea groups is 1. The minimum absolute atomic E-state index is 0.0506. The van der Waals surface area contributed by atoms with Crippen molar-refractivity contribution in [2.24, 2.45) is 0 Å². The lowest BCUT2D eigenvalue weighted by molar-refractivity contribution is -0.116. The zero-order valence-electron chi connectivity index (χ0n) is 13.8. The fraction of sp³-hybridized carbons (Fsp3) is 0.222. The summed E-state index contributed by atoms with van der Waals surface area (Å²) in [7, 11) is 0. The molecule has 1 saturated heterocycles. The van der Waals surface area contributed by atoms with E-state index in [2.05, 4.69) is 10.1 Å². The molecule has 1 aliphatic rings. The fourth-order valence-corrected chi connectivity index (χ4v) is 2.70. The van der Waals surface area contributed by atoms with Gasteiger partial charge in [0.2, 0.25) is 5.91 Å². The van der Waals surface area contributed by atoms with Gasteiger partial charge >= 0.3 is 12.6 Å². The third-order valence-corrected chi connectivity index (χ3v) is 3.84. The van der Waals surface area contributed by atoms with Crippen LogP contribution in [0.2, 0.25) is 0 Å². The molecule has 1 heterocycles. The summed E-state index contributed by atoms with van der Waals surface area (Å²) < 4.78 is 28.8. The highest BCUT2D eigenvalue weighted by molar-refractivity contribution is 5.99. The second-order valence-electron chi connectivity index (χ2n) is 5.65. The number of anilines is 2. The number of halogens is 2. The van der Waals surface area contributed by atoms with Crippen LogP contribution in [0.5, 0.6) is 5.75 Å². The quantitative estimate of drug-likeness (QED) is 0.860. The number of nitrogens with zero attached hydrogens (tertiary/aromatic N) is 2. The van der Waals surface area contributed by atoms with Crippen molar-refractivity contribution >= 4 is 23.3 Å². The largest absolute Gasteiger partial charge is 0.435 e. The molecule has 0 bridgehead atoms. The van der Waals surface area contributed by atoms with E-state index >= 15 is 0 Å². The van der Waals surface area contributed by atoms with Crippen LogP contribution >= 0.6 is 0 Å². The summed E-state index contributed by atoms with van der Waals surface area (Å²) >= 11 is 0. The van der Waals surface area contributed by atoms with E-state index in [1.165, 1.54) is 23.1 Å². The zero-order valence-corrected chi connectivity index (χ0v) is 13.8. The summed E-state index contributed by atoms with van der Waals surface area (Å²) in [6.07, 6.45) is 0. The zero-order chi connectivity index (χ0) is 18.5. The van der Waals surface area contributed by atoms with Crippen molar-refractivity contribution in [3.63, 3.8) is 0 Å². The molecule has 1 N–H and O–H groups in total. The molecule has 0 radical (unpaired) electrons. The number of carbonyl (C=O) groups is 2. The Morgan fingerprint density at radius 1 is 1.12 bits per heavy atom. The predicted molar refractivity (Wildman–Crippen MR) is 92.5 cm³/mol. The molecule has 0 spiro atoms. The van der Waals surface area contributed by atoms with Crippen LogP contribution in [-0.2, 0) is 4.79 Å². The van der Waals surface area contributed by atoms with Crippen LogP contribution in [0, 0.1) is 0 Å². The average Bonchev–Trinajstić information content (AvgIpc) is 2.96. The number of alkyl halides is 2. The standard InChI is InChI=1S/C18H17F2N3O3/c19-17(20)26-15-8-4-5-13(11-15)21-16(24)12-22-9-10-23(18(22)25)14-6-2-1-3-7-14/h1-8,11,17H,9-10,12H2,(H,21,24). The second-order valence-corrected chi connectivity index (χ2v) is 5.65. The summed E-state index contributed by atoms with van der Waals surface area (Å²) in [5.74, 6) is -0.465. The maximum absolute atomic E-state index is 12.4. The average molecular weight is 361 g/mol. The molecule has 2 aromatic rings. The van der Waals surface area contributed by atoms with Gasteiger partial charge < -0.3 is 15.0 Å². The molecule has 0 saturated carbocycles. The molecule has 0 aliphatic carbocycles. The number of para-hydroxylation sites is 1. The van der Waals surface area contributed by atoms with E-state index in [4.69, 9.17) is 0 Å². The molecular weight excluding hydrogens is 344 g/mol. The van der Waals surface area contributed by atoms with Crippen molar-refractivity contribution in [2.75, 3.05) is 29.9 Å². The van der Waals surface area contributed by atoms with E-state index < -0.39 is 12.5 Å². The van der Waals surface area contributed by atoms with Gasteiger partial charge in [-0.2, -0.15) is 8.78 Å². The van der Waals surface area contributed by atoms with Gasteiger partial charge in [0, 0.05) is 30.5 Å². The number of ether oxygens (including phenoxy) is 1. The van der Waals surface area contributed by atoms with E-state index in [1.807, 2.05) is 30.3 Å². The van der Waals surface area contributed by atoms with Crippen molar-refractivity contribution in [1.82, 2.24) is 4.90 Å². The number of carbonyl (C=O) groups excluding carboxylic acids is 2. The molecule has 3 amide bonds. The van der Waals surface area contributed by atoms with Crippen LogP contribution in [0.25, 0.3) is 0 Å². The molecule has 0 aromatic heterocycles. The summed E-state index contributed by atoms with van der Waals surface area (Å²) in [5, 5.41) is 2.58. The number of hydrogen-bond donors (Lipinski definition) is 1. The summed E-state index contributed by atoms with van der Waals surface area (Å²) in [6, 6.07) is 14.7. The second kappa shape index (κ2) is 7.81. The first-order valence-corrected chi connectivity index (χ1v) is 7.99. The SMILES string of the molecule is O=C(CN1CCN(c2ccccc2)C1=O)Nc1cccc(OC(F)F)c1. The van der Waals surface area contributed by atoms with Gasteiger partial charge in [0.15, 0.2) is 0 Å². The Balaban J connectivity index is 1.58. The van der Waals surface area contributed by atoms with Gasteiger partial charge in [-0.1, -0.05) is 24.3 Å². The number of benzene rings is 2. The molecule has 2 aromatic carbocycles. The topological polar surface area (TPSA) is 61.9 Å².